The summed E-state index contributed by atoms with van der Waals surface area (Å²) in [5.74, 6) is -0.128. The minimum Gasteiger partial charge on any atom is -0.397 e. The molecule has 0 aliphatic heterocycles. The van der Waals surface area contributed by atoms with E-state index in [0.717, 1.165) is 11.4 Å². The Morgan fingerprint density at radius 1 is 1.09 bits per heavy atom. The van der Waals surface area contributed by atoms with E-state index >= 15 is 4.39 Å². The molecular formula is C21H15FN10. The van der Waals surface area contributed by atoms with Gasteiger partial charge >= 0.3 is 0 Å². The van der Waals surface area contributed by atoms with Gasteiger partial charge in [0.15, 0.2) is 17.1 Å². The highest BCUT2D eigenvalue weighted by molar-refractivity contribution is 5.94. The third-order valence-corrected chi connectivity index (χ3v) is 5.17. The maximum atomic E-state index is 15.6. The van der Waals surface area contributed by atoms with Gasteiger partial charge in [0.25, 0.3) is 0 Å². The quantitative estimate of drug-likeness (QED) is 0.395. The summed E-state index contributed by atoms with van der Waals surface area (Å²) >= 11 is 0. The Balaban J connectivity index is 1.55. The number of pyridine rings is 3. The van der Waals surface area contributed by atoms with Gasteiger partial charge in [0, 0.05) is 42.1 Å². The van der Waals surface area contributed by atoms with Crippen molar-refractivity contribution in [2.45, 2.75) is 6.92 Å². The minimum atomic E-state index is -0.495. The summed E-state index contributed by atoms with van der Waals surface area (Å²) in [6.07, 6.45) is 9.73. The number of nitrogen functional groups attached to an aromatic ring is 1. The Morgan fingerprint density at radius 3 is 2.81 bits per heavy atom. The first-order chi connectivity index (χ1) is 15.6. The molecule has 0 atom stereocenters. The Hall–Kier alpha value is -4.67. The summed E-state index contributed by atoms with van der Waals surface area (Å²) < 4.78 is 17.5. The van der Waals surface area contributed by atoms with Gasteiger partial charge in [-0.15, -0.1) is 0 Å². The first kappa shape index (κ1) is 18.1. The molecule has 11 heteroatoms. The Kier molecular flexibility index (Phi) is 3.78. The highest BCUT2D eigenvalue weighted by Crippen LogP contribution is 2.33. The minimum absolute atomic E-state index is 0.212. The molecule has 0 saturated carbocycles. The fraction of sp³-hybridized carbons (Fsp3) is 0.0476. The number of hydrogen-bond donors (Lipinski definition) is 3. The van der Waals surface area contributed by atoms with E-state index in [0.29, 0.717) is 39.6 Å². The number of aromatic amines is 2. The maximum absolute atomic E-state index is 15.6. The van der Waals surface area contributed by atoms with Crippen molar-refractivity contribution in [3.8, 4) is 28.3 Å². The Morgan fingerprint density at radius 2 is 2.00 bits per heavy atom. The van der Waals surface area contributed by atoms with Crippen LogP contribution in [0.5, 0.6) is 0 Å². The van der Waals surface area contributed by atoms with E-state index in [2.05, 4.69) is 40.1 Å². The lowest BCUT2D eigenvalue weighted by atomic mass is 10.1. The van der Waals surface area contributed by atoms with Crippen LogP contribution in [0.15, 0.2) is 49.4 Å². The predicted molar refractivity (Wildman–Crippen MR) is 116 cm³/mol. The summed E-state index contributed by atoms with van der Waals surface area (Å²) in [5, 5.41) is 7.26. The Bertz CT molecular complexity index is 1630. The smallest absolute Gasteiger partial charge is 0.161 e. The van der Waals surface area contributed by atoms with Crippen LogP contribution in [0.1, 0.15) is 5.69 Å². The number of fused-ring (bicyclic) bond motifs is 2. The zero-order valence-corrected chi connectivity index (χ0v) is 16.7. The van der Waals surface area contributed by atoms with E-state index in [-0.39, 0.29) is 10.9 Å². The van der Waals surface area contributed by atoms with Crippen LogP contribution in [0, 0.1) is 12.7 Å². The standard InChI is InChI=1S/C21H15FN10/c1-10-8-32(9-27-10)14-2-3-25-20-17(14)28-21(29-20)18-15-16(22)13(7-26-19(15)31-30-18)11-4-12(23)6-24-5-11/h2-9H,23H2,1H3,(H,25,28,29)(H,26,30,31). The fourth-order valence-corrected chi connectivity index (χ4v) is 3.70. The zero-order chi connectivity index (χ0) is 21.8. The van der Waals surface area contributed by atoms with Crippen molar-refractivity contribution in [3.05, 3.63) is 61.0 Å². The van der Waals surface area contributed by atoms with Gasteiger partial charge in [-0.05, 0) is 19.1 Å². The van der Waals surface area contributed by atoms with Gasteiger partial charge in [-0.2, -0.15) is 5.10 Å². The number of nitrogens with two attached hydrogens (primary N) is 1. The second kappa shape index (κ2) is 6.67. The van der Waals surface area contributed by atoms with E-state index in [1.54, 1.807) is 18.6 Å². The van der Waals surface area contributed by atoms with Gasteiger partial charge in [-0.1, -0.05) is 0 Å². The van der Waals surface area contributed by atoms with E-state index in [4.69, 9.17) is 5.73 Å². The molecule has 0 bridgehead atoms. The second-order valence-electron chi connectivity index (χ2n) is 7.32. The number of H-pyrrole nitrogens is 2. The van der Waals surface area contributed by atoms with Gasteiger partial charge in [0.1, 0.15) is 17.0 Å². The van der Waals surface area contributed by atoms with Crippen LogP contribution in [0.25, 0.3) is 50.5 Å². The monoisotopic (exact) mass is 426 g/mol. The normalized spacial score (nSPS) is 11.6. The molecule has 0 fully saturated rings. The van der Waals surface area contributed by atoms with Crippen molar-refractivity contribution >= 4 is 27.9 Å². The summed E-state index contributed by atoms with van der Waals surface area (Å²) in [6.45, 7) is 1.91. The van der Waals surface area contributed by atoms with Crippen LogP contribution < -0.4 is 5.73 Å². The molecule has 0 radical (unpaired) electrons. The molecule has 32 heavy (non-hydrogen) atoms. The predicted octanol–water partition coefficient (Wildman–Crippen LogP) is 3.17. The topological polar surface area (TPSA) is 140 Å². The maximum Gasteiger partial charge on any atom is 0.161 e. The lowest BCUT2D eigenvalue weighted by Gasteiger charge is -2.05. The van der Waals surface area contributed by atoms with Gasteiger partial charge in [-0.3, -0.25) is 10.1 Å². The molecule has 6 aromatic rings. The third-order valence-electron chi connectivity index (χ3n) is 5.17. The van der Waals surface area contributed by atoms with Crippen molar-refractivity contribution < 1.29 is 4.39 Å². The molecule has 0 spiro atoms. The van der Waals surface area contributed by atoms with Crippen molar-refractivity contribution in [2.24, 2.45) is 0 Å². The highest BCUT2D eigenvalue weighted by Gasteiger charge is 2.21. The summed E-state index contributed by atoms with van der Waals surface area (Å²) in [4.78, 5) is 24.8. The summed E-state index contributed by atoms with van der Waals surface area (Å²) in [5.41, 5.74) is 10.5. The fourth-order valence-electron chi connectivity index (χ4n) is 3.70. The number of imidazole rings is 2. The first-order valence-electron chi connectivity index (χ1n) is 9.68. The number of aryl methyl sites for hydroxylation is 1. The number of nitrogens with zero attached hydrogens (tertiary/aromatic N) is 7. The molecule has 156 valence electrons. The van der Waals surface area contributed by atoms with E-state index in [9.17, 15) is 0 Å². The lowest BCUT2D eigenvalue weighted by molar-refractivity contribution is 0.642. The molecule has 6 rings (SSSR count). The SMILES string of the molecule is Cc1cn(-c2ccnc3[nH]c(-c4n[nH]c5ncc(-c6cncc(N)c6)c(F)c45)nc23)cn1. The summed E-state index contributed by atoms with van der Waals surface area (Å²) in [6, 6.07) is 3.48. The molecule has 0 saturated heterocycles. The van der Waals surface area contributed by atoms with Crippen LogP contribution in [0.4, 0.5) is 10.1 Å². The third kappa shape index (κ3) is 2.71. The van der Waals surface area contributed by atoms with Crippen molar-refractivity contribution in [1.82, 2.24) is 44.7 Å². The van der Waals surface area contributed by atoms with Gasteiger partial charge in [0.2, 0.25) is 0 Å². The highest BCUT2D eigenvalue weighted by atomic mass is 19.1. The van der Waals surface area contributed by atoms with Crippen LogP contribution in [0.2, 0.25) is 0 Å². The largest absolute Gasteiger partial charge is 0.397 e. The van der Waals surface area contributed by atoms with Gasteiger partial charge in [0.05, 0.1) is 28.8 Å². The van der Waals surface area contributed by atoms with Crippen molar-refractivity contribution in [2.75, 3.05) is 5.73 Å². The molecule has 0 aliphatic rings. The number of nitrogens with one attached hydrogen (secondary N) is 2. The van der Waals surface area contributed by atoms with Crippen LogP contribution in [0.3, 0.4) is 0 Å². The number of aromatic nitrogens is 9. The number of hydrogen-bond acceptors (Lipinski definition) is 7. The van der Waals surface area contributed by atoms with Gasteiger partial charge in [-0.25, -0.2) is 24.3 Å². The molecule has 10 nitrogen and oxygen atoms in total. The van der Waals surface area contributed by atoms with Gasteiger partial charge < -0.3 is 15.3 Å². The van der Waals surface area contributed by atoms with Crippen LogP contribution >= 0.6 is 0 Å². The molecule has 0 amide bonds. The lowest BCUT2D eigenvalue weighted by Crippen LogP contribution is -1.93. The molecule has 6 heterocycles. The summed E-state index contributed by atoms with van der Waals surface area (Å²) in [7, 11) is 0. The van der Waals surface area contributed by atoms with Crippen LogP contribution in [-0.2, 0) is 0 Å². The van der Waals surface area contributed by atoms with E-state index in [1.165, 1.54) is 18.6 Å². The molecule has 0 aliphatic carbocycles. The first-order valence-corrected chi connectivity index (χ1v) is 9.68. The molecule has 4 N–H and O–H groups in total. The molecule has 0 unspecified atom stereocenters. The number of rotatable bonds is 3. The van der Waals surface area contributed by atoms with Crippen molar-refractivity contribution in [1.29, 1.82) is 0 Å². The molecule has 6 aromatic heterocycles. The van der Waals surface area contributed by atoms with Crippen LogP contribution in [-0.4, -0.2) is 44.7 Å². The van der Waals surface area contributed by atoms with E-state index in [1.807, 2.05) is 23.8 Å². The number of anilines is 1. The molecular weight excluding hydrogens is 411 g/mol. The molecule has 0 aromatic carbocycles. The average molecular weight is 426 g/mol. The van der Waals surface area contributed by atoms with E-state index < -0.39 is 5.82 Å². The zero-order valence-electron chi connectivity index (χ0n) is 16.7. The van der Waals surface area contributed by atoms with Crippen molar-refractivity contribution in [3.63, 3.8) is 0 Å². The average Bonchev–Trinajstić information content (AvgIpc) is 3.51. The Labute approximate surface area is 179 Å². The second-order valence-corrected chi connectivity index (χ2v) is 7.32. The number of halogens is 1.